The summed E-state index contributed by atoms with van der Waals surface area (Å²) in [6.07, 6.45) is 3.73. The van der Waals surface area contributed by atoms with E-state index >= 15 is 0 Å². The molecule has 3 aromatic heterocycles. The molecule has 0 radical (unpaired) electrons. The van der Waals surface area contributed by atoms with E-state index in [1.807, 2.05) is 24.5 Å². The molecule has 0 atom stereocenters. The highest BCUT2D eigenvalue weighted by Crippen LogP contribution is 2.64. The van der Waals surface area contributed by atoms with E-state index in [1.165, 1.54) is 49.7 Å². The lowest BCUT2D eigenvalue weighted by Gasteiger charge is -2.40. The van der Waals surface area contributed by atoms with Gasteiger partial charge in [-0.3, -0.25) is 9.80 Å². The molecule has 0 unspecified atom stereocenters. The number of rotatable bonds is 6. The van der Waals surface area contributed by atoms with Crippen LogP contribution < -0.4 is 9.80 Å². The largest absolute Gasteiger partial charge is 0.455 e. The topological polar surface area (TPSA) is 45.4 Å². The van der Waals surface area contributed by atoms with Gasteiger partial charge in [0.2, 0.25) is 0 Å². The molecule has 3 heterocycles. The summed E-state index contributed by atoms with van der Waals surface area (Å²) in [4.78, 5) is 14.4. The van der Waals surface area contributed by atoms with Crippen LogP contribution in [0, 0.1) is 0 Å². The summed E-state index contributed by atoms with van der Waals surface area (Å²) in [7, 11) is 0. The molecule has 11 aromatic rings. The minimum atomic E-state index is -0.758. The van der Waals surface area contributed by atoms with E-state index in [0.29, 0.717) is 0 Å². The molecule has 5 nitrogen and oxygen atoms in total. The van der Waals surface area contributed by atoms with Crippen LogP contribution in [0.2, 0.25) is 0 Å². The van der Waals surface area contributed by atoms with Gasteiger partial charge in [-0.2, -0.15) is 0 Å². The molecule has 290 valence electrons. The van der Waals surface area contributed by atoms with Gasteiger partial charge in [-0.25, -0.2) is 9.97 Å². The average Bonchev–Trinajstić information content (AvgIpc) is 3.85. The molecule has 0 bridgehead atoms. The zero-order valence-corrected chi connectivity index (χ0v) is 33.5. The third kappa shape index (κ3) is 4.84. The van der Waals surface area contributed by atoms with Gasteiger partial charge in [-0.15, -0.1) is 0 Å². The molecule has 62 heavy (non-hydrogen) atoms. The Morgan fingerprint density at radius 2 is 0.968 bits per heavy atom. The van der Waals surface area contributed by atoms with E-state index in [1.54, 1.807) is 0 Å². The van der Waals surface area contributed by atoms with Gasteiger partial charge in [0, 0.05) is 51.5 Å². The number of furan rings is 1. The fraction of sp³-hybridized carbons (Fsp3) is 0.0175. The summed E-state index contributed by atoms with van der Waals surface area (Å²) in [5.74, 6) is 1.69. The fourth-order valence-electron chi connectivity index (χ4n) is 10.5. The number of aromatic nitrogens is 2. The Balaban J connectivity index is 1.18. The zero-order valence-electron chi connectivity index (χ0n) is 33.5. The Morgan fingerprint density at radius 1 is 0.387 bits per heavy atom. The minimum Gasteiger partial charge on any atom is -0.455 e. The van der Waals surface area contributed by atoms with Gasteiger partial charge < -0.3 is 4.42 Å². The van der Waals surface area contributed by atoms with Crippen molar-refractivity contribution in [1.29, 1.82) is 0 Å². The van der Waals surface area contributed by atoms with Crippen molar-refractivity contribution in [1.82, 2.24) is 9.97 Å². The summed E-state index contributed by atoms with van der Waals surface area (Å²) < 4.78 is 7.00. The van der Waals surface area contributed by atoms with Gasteiger partial charge in [-0.05, 0) is 129 Å². The maximum atomic E-state index is 7.00. The van der Waals surface area contributed by atoms with Gasteiger partial charge >= 0.3 is 0 Å². The van der Waals surface area contributed by atoms with Crippen molar-refractivity contribution in [3.05, 3.63) is 241 Å². The molecule has 0 aliphatic heterocycles. The summed E-state index contributed by atoms with van der Waals surface area (Å²) in [6, 6.07) is 73.9. The fourth-order valence-corrected chi connectivity index (χ4v) is 10.5. The summed E-state index contributed by atoms with van der Waals surface area (Å²) in [6.45, 7) is 0. The monoisotopic (exact) mass is 792 g/mol. The molecule has 0 fully saturated rings. The second-order valence-electron chi connectivity index (χ2n) is 16.1. The molecule has 0 amide bonds. The highest BCUT2D eigenvalue weighted by molar-refractivity contribution is 6.16. The van der Waals surface area contributed by atoms with Crippen molar-refractivity contribution in [2.75, 3.05) is 9.80 Å². The molecule has 0 saturated carbocycles. The summed E-state index contributed by atoms with van der Waals surface area (Å²) in [5, 5.41) is 4.66. The van der Waals surface area contributed by atoms with Crippen LogP contribution in [0.5, 0.6) is 0 Å². The summed E-state index contributed by atoms with van der Waals surface area (Å²) >= 11 is 0. The lowest BCUT2D eigenvalue weighted by Crippen LogP contribution is -2.32. The lowest BCUT2D eigenvalue weighted by atomic mass is 9.61. The maximum Gasteiger partial charge on any atom is 0.143 e. The van der Waals surface area contributed by atoms with Gasteiger partial charge in [-0.1, -0.05) is 127 Å². The van der Waals surface area contributed by atoms with Crippen molar-refractivity contribution >= 4 is 67.1 Å². The number of benzene rings is 8. The molecule has 2 aliphatic carbocycles. The number of fused-ring (bicyclic) bond motifs is 13. The van der Waals surface area contributed by atoms with Crippen LogP contribution in [0.15, 0.2) is 223 Å². The zero-order chi connectivity index (χ0) is 40.8. The molecule has 13 rings (SSSR count). The van der Waals surface area contributed by atoms with Gasteiger partial charge in [0.1, 0.15) is 22.8 Å². The smallest absolute Gasteiger partial charge is 0.143 e. The Morgan fingerprint density at radius 3 is 1.58 bits per heavy atom. The quantitative estimate of drug-likeness (QED) is 0.168. The number of pyridine rings is 2. The SMILES string of the molecule is c1ccc(N(c2ccc3c(c2)C2(c4cc(N(c5ccccc5)c5ccccn5)ccc4-3)c3ccc4c(oc5ccccc54)c3-c3cccc4cccc2c34)c2ccccn2)cc1. The van der Waals surface area contributed by atoms with Crippen molar-refractivity contribution in [3.8, 4) is 22.3 Å². The maximum absolute atomic E-state index is 7.00. The minimum absolute atomic E-state index is 0.758. The Bertz CT molecular complexity index is 3310. The van der Waals surface area contributed by atoms with Gasteiger partial charge in [0.25, 0.3) is 0 Å². The predicted molar refractivity (Wildman–Crippen MR) is 252 cm³/mol. The molecule has 1 spiro atoms. The van der Waals surface area contributed by atoms with Crippen LogP contribution in [0.3, 0.4) is 0 Å². The first kappa shape index (κ1) is 34.6. The van der Waals surface area contributed by atoms with Crippen LogP contribution in [0.25, 0.3) is 55.0 Å². The van der Waals surface area contributed by atoms with E-state index in [4.69, 9.17) is 14.4 Å². The number of nitrogens with zero attached hydrogens (tertiary/aromatic N) is 4. The number of hydrogen-bond acceptors (Lipinski definition) is 5. The van der Waals surface area contributed by atoms with Crippen LogP contribution in [0.4, 0.5) is 34.4 Å². The molecular weight excluding hydrogens is 757 g/mol. The first-order chi connectivity index (χ1) is 30.8. The van der Waals surface area contributed by atoms with E-state index in [2.05, 4.69) is 204 Å². The Labute approximate surface area is 358 Å². The third-order valence-electron chi connectivity index (χ3n) is 12.9. The molecule has 2 aliphatic rings. The first-order valence-electron chi connectivity index (χ1n) is 21.1. The summed E-state index contributed by atoms with van der Waals surface area (Å²) in [5.41, 5.74) is 14.7. The van der Waals surface area contributed by atoms with Crippen LogP contribution in [-0.2, 0) is 5.41 Å². The molecule has 8 aromatic carbocycles. The second kappa shape index (κ2) is 13.4. The first-order valence-corrected chi connectivity index (χ1v) is 21.1. The van der Waals surface area contributed by atoms with Crippen molar-refractivity contribution < 1.29 is 4.42 Å². The van der Waals surface area contributed by atoms with E-state index < -0.39 is 5.41 Å². The second-order valence-corrected chi connectivity index (χ2v) is 16.1. The Kier molecular flexibility index (Phi) is 7.45. The molecule has 5 heteroatoms. The number of para-hydroxylation sites is 3. The van der Waals surface area contributed by atoms with Crippen LogP contribution in [0.1, 0.15) is 22.3 Å². The lowest BCUT2D eigenvalue weighted by molar-refractivity contribution is 0.667. The number of hydrogen-bond donors (Lipinski definition) is 0. The van der Waals surface area contributed by atoms with Crippen molar-refractivity contribution in [2.24, 2.45) is 0 Å². The van der Waals surface area contributed by atoms with E-state index in [0.717, 1.165) is 61.9 Å². The van der Waals surface area contributed by atoms with Crippen molar-refractivity contribution in [2.45, 2.75) is 5.41 Å². The molecular formula is C57H36N4O. The van der Waals surface area contributed by atoms with Gasteiger partial charge in [0.15, 0.2) is 0 Å². The average molecular weight is 793 g/mol. The van der Waals surface area contributed by atoms with Crippen LogP contribution >= 0.6 is 0 Å². The molecule has 0 saturated heterocycles. The van der Waals surface area contributed by atoms with E-state index in [9.17, 15) is 0 Å². The highest BCUT2D eigenvalue weighted by atomic mass is 16.3. The van der Waals surface area contributed by atoms with Crippen molar-refractivity contribution in [3.63, 3.8) is 0 Å². The Hall–Kier alpha value is -8.28. The number of anilines is 6. The standard InChI is InChI=1S/C57H36N4O/c1-3-17-38(18-4-1)60(52-25-9-11-33-58-52)40-27-29-42-43-30-28-41(61(39-19-5-2-6-20-39)53-26-10-12-34-59-53)36-50(43)57(49(42)35-40)47-23-14-16-37-15-13-22-46(54(37)47)55-48(57)32-31-45-44-21-7-8-24-51(44)62-56(45)55/h1-36H. The normalized spacial score (nSPS) is 13.0. The van der Waals surface area contributed by atoms with Gasteiger partial charge in [0.05, 0.1) is 5.41 Å². The van der Waals surface area contributed by atoms with E-state index in [-0.39, 0.29) is 0 Å². The highest BCUT2D eigenvalue weighted by Gasteiger charge is 2.51. The van der Waals surface area contributed by atoms with Crippen LogP contribution in [-0.4, -0.2) is 9.97 Å². The molecule has 0 N–H and O–H groups in total. The third-order valence-corrected chi connectivity index (χ3v) is 12.9. The predicted octanol–water partition coefficient (Wildman–Crippen LogP) is 14.8.